The van der Waals surface area contributed by atoms with Gasteiger partial charge in [-0.15, -0.1) is 0 Å². The second-order valence-corrected chi connectivity index (χ2v) is 10.3. The van der Waals surface area contributed by atoms with E-state index in [1.807, 2.05) is 4.90 Å². The van der Waals surface area contributed by atoms with Gasteiger partial charge in [0.1, 0.15) is 6.61 Å². The van der Waals surface area contributed by atoms with Crippen LogP contribution in [0.3, 0.4) is 0 Å². The molecule has 0 aliphatic carbocycles. The number of hydrogen-bond donors (Lipinski definition) is 0. The highest BCUT2D eigenvalue weighted by molar-refractivity contribution is 7.90. The fourth-order valence-electron chi connectivity index (χ4n) is 3.99. The number of halogens is 1. The Labute approximate surface area is 176 Å². The predicted octanol–water partition coefficient (Wildman–Crippen LogP) is 3.22. The van der Waals surface area contributed by atoms with E-state index in [1.54, 1.807) is 4.90 Å². The Balaban J connectivity index is 1.68. The number of hydrogen-bond acceptors (Lipinski definition) is 5. The van der Waals surface area contributed by atoms with E-state index >= 15 is 0 Å². The number of rotatable bonds is 5. The topological polar surface area (TPSA) is 84.0 Å². The minimum Gasteiger partial charge on any atom is -0.447 e. The molecular formula is C20H27ClN2O5S. The summed E-state index contributed by atoms with van der Waals surface area (Å²) in [4.78, 5) is 28.8. The Kier molecular flexibility index (Phi) is 6.43. The largest absolute Gasteiger partial charge is 0.447 e. The first kappa shape index (κ1) is 21.9. The van der Waals surface area contributed by atoms with E-state index in [-0.39, 0.29) is 39.6 Å². The maximum Gasteiger partial charge on any atom is 0.410 e. The summed E-state index contributed by atoms with van der Waals surface area (Å²) in [5.74, 6) is 0.129. The van der Waals surface area contributed by atoms with E-state index in [0.717, 1.165) is 12.7 Å². The molecule has 2 aliphatic rings. The third kappa shape index (κ3) is 4.53. The van der Waals surface area contributed by atoms with E-state index in [0.29, 0.717) is 38.5 Å². The lowest BCUT2D eigenvalue weighted by Gasteiger charge is -2.39. The highest BCUT2D eigenvalue weighted by Gasteiger charge is 2.41. The standard InChI is InChI=1S/C20H27ClN2O5S/c1-4-13(2)18-12-28-20(25)23(18)14-7-9-22(10-8-14)19(24)16-6-5-15(11-17(16)21)29(3,26)27/h5-6,11,13-14,18H,4,7-10,12H2,1-3H3. The molecule has 2 fully saturated rings. The van der Waals surface area contributed by atoms with Crippen LogP contribution in [0.25, 0.3) is 0 Å². The van der Waals surface area contributed by atoms with Crippen molar-refractivity contribution < 1.29 is 22.7 Å². The summed E-state index contributed by atoms with van der Waals surface area (Å²) in [6.07, 6.45) is 3.15. The van der Waals surface area contributed by atoms with Crippen LogP contribution in [-0.4, -0.2) is 68.3 Å². The Morgan fingerprint density at radius 3 is 2.52 bits per heavy atom. The number of nitrogens with zero attached hydrogens (tertiary/aromatic N) is 2. The minimum absolute atomic E-state index is 0.0520. The van der Waals surface area contributed by atoms with Crippen LogP contribution in [0, 0.1) is 5.92 Å². The Bertz CT molecular complexity index is 896. The zero-order valence-electron chi connectivity index (χ0n) is 16.9. The zero-order chi connectivity index (χ0) is 21.3. The molecule has 1 aromatic carbocycles. The molecule has 2 amide bonds. The van der Waals surface area contributed by atoms with Gasteiger partial charge in [-0.3, -0.25) is 9.69 Å². The summed E-state index contributed by atoms with van der Waals surface area (Å²) >= 11 is 6.19. The quantitative estimate of drug-likeness (QED) is 0.699. The lowest BCUT2D eigenvalue weighted by molar-refractivity contribution is 0.0615. The molecule has 9 heteroatoms. The number of benzene rings is 1. The summed E-state index contributed by atoms with van der Waals surface area (Å²) in [6.45, 7) is 5.66. The van der Waals surface area contributed by atoms with Crippen molar-refractivity contribution in [2.75, 3.05) is 26.0 Å². The van der Waals surface area contributed by atoms with E-state index in [9.17, 15) is 18.0 Å². The normalized spacial score (nSPS) is 21.9. The number of likely N-dealkylation sites (tertiary alicyclic amines) is 1. The molecule has 0 radical (unpaired) electrons. The molecule has 2 atom stereocenters. The lowest BCUT2D eigenvalue weighted by Crippen LogP contribution is -2.51. The molecular weight excluding hydrogens is 416 g/mol. The number of carbonyl (C=O) groups excluding carboxylic acids is 2. The molecule has 2 saturated heterocycles. The maximum absolute atomic E-state index is 12.9. The fourth-order valence-corrected chi connectivity index (χ4v) is 4.97. The molecule has 2 heterocycles. The van der Waals surface area contributed by atoms with Crippen LogP contribution in [0.1, 0.15) is 43.5 Å². The van der Waals surface area contributed by atoms with Crippen molar-refractivity contribution in [2.45, 2.75) is 50.1 Å². The van der Waals surface area contributed by atoms with Crippen LogP contribution in [0.5, 0.6) is 0 Å². The van der Waals surface area contributed by atoms with Gasteiger partial charge >= 0.3 is 6.09 Å². The van der Waals surface area contributed by atoms with Crippen LogP contribution in [-0.2, 0) is 14.6 Å². The monoisotopic (exact) mass is 442 g/mol. The third-order valence-corrected chi connectivity index (χ3v) is 7.41. The van der Waals surface area contributed by atoms with Crippen LogP contribution >= 0.6 is 11.6 Å². The summed E-state index contributed by atoms with van der Waals surface area (Å²) < 4.78 is 28.6. The number of amides is 2. The molecule has 160 valence electrons. The summed E-state index contributed by atoms with van der Waals surface area (Å²) in [6, 6.07) is 4.31. The molecule has 0 bridgehead atoms. The van der Waals surface area contributed by atoms with Crippen molar-refractivity contribution in [2.24, 2.45) is 5.92 Å². The van der Waals surface area contributed by atoms with Crippen molar-refractivity contribution in [1.82, 2.24) is 9.80 Å². The van der Waals surface area contributed by atoms with E-state index in [2.05, 4.69) is 13.8 Å². The van der Waals surface area contributed by atoms with Gasteiger partial charge < -0.3 is 9.64 Å². The summed E-state index contributed by atoms with van der Waals surface area (Å²) in [5, 5.41) is 0.125. The summed E-state index contributed by atoms with van der Waals surface area (Å²) in [5.41, 5.74) is 0.288. The molecule has 2 aliphatic heterocycles. The van der Waals surface area contributed by atoms with Crippen LogP contribution in [0.15, 0.2) is 23.1 Å². The molecule has 29 heavy (non-hydrogen) atoms. The average molecular weight is 443 g/mol. The van der Waals surface area contributed by atoms with E-state index < -0.39 is 9.84 Å². The predicted molar refractivity (Wildman–Crippen MR) is 110 cm³/mol. The van der Waals surface area contributed by atoms with Crippen LogP contribution in [0.2, 0.25) is 5.02 Å². The lowest BCUT2D eigenvalue weighted by atomic mass is 9.95. The number of sulfone groups is 1. The number of carbonyl (C=O) groups is 2. The van der Waals surface area contributed by atoms with Gasteiger partial charge in [0.25, 0.3) is 5.91 Å². The molecule has 0 aromatic heterocycles. The molecule has 2 unspecified atom stereocenters. The smallest absolute Gasteiger partial charge is 0.410 e. The Morgan fingerprint density at radius 2 is 1.97 bits per heavy atom. The first-order chi connectivity index (χ1) is 13.6. The van der Waals surface area contributed by atoms with Crippen LogP contribution < -0.4 is 0 Å². The SMILES string of the molecule is CCC(C)C1COC(=O)N1C1CCN(C(=O)c2ccc(S(C)(=O)=O)cc2Cl)CC1. The molecule has 0 N–H and O–H groups in total. The van der Waals surface area contributed by atoms with Gasteiger partial charge in [-0.05, 0) is 37.0 Å². The van der Waals surface area contributed by atoms with E-state index in [1.165, 1.54) is 18.2 Å². The van der Waals surface area contributed by atoms with Gasteiger partial charge in [-0.1, -0.05) is 31.9 Å². The highest BCUT2D eigenvalue weighted by Crippen LogP contribution is 2.30. The third-order valence-electron chi connectivity index (χ3n) is 5.99. The van der Waals surface area contributed by atoms with Gasteiger partial charge in [-0.2, -0.15) is 0 Å². The first-order valence-electron chi connectivity index (χ1n) is 9.87. The molecule has 0 spiro atoms. The van der Waals surface area contributed by atoms with Gasteiger partial charge in [0.05, 0.1) is 21.5 Å². The van der Waals surface area contributed by atoms with Crippen molar-refractivity contribution >= 4 is 33.4 Å². The maximum atomic E-state index is 12.9. The Hall–Kier alpha value is -1.80. The average Bonchev–Trinajstić information content (AvgIpc) is 3.07. The fraction of sp³-hybridized carbons (Fsp3) is 0.600. The highest BCUT2D eigenvalue weighted by atomic mass is 35.5. The first-order valence-corrected chi connectivity index (χ1v) is 12.1. The molecule has 1 aromatic rings. The molecule has 3 rings (SSSR count). The zero-order valence-corrected chi connectivity index (χ0v) is 18.5. The van der Waals surface area contributed by atoms with Gasteiger partial charge in [0.15, 0.2) is 9.84 Å². The van der Waals surface area contributed by atoms with Crippen LogP contribution in [0.4, 0.5) is 4.79 Å². The number of cyclic esters (lactones) is 1. The van der Waals surface area contributed by atoms with Crippen molar-refractivity contribution in [3.05, 3.63) is 28.8 Å². The summed E-state index contributed by atoms with van der Waals surface area (Å²) in [7, 11) is -3.39. The Morgan fingerprint density at radius 1 is 1.31 bits per heavy atom. The second-order valence-electron chi connectivity index (χ2n) is 7.87. The minimum atomic E-state index is -3.39. The van der Waals surface area contributed by atoms with E-state index in [4.69, 9.17) is 16.3 Å². The van der Waals surface area contributed by atoms with Crippen molar-refractivity contribution in [1.29, 1.82) is 0 Å². The van der Waals surface area contributed by atoms with Gasteiger partial charge in [-0.25, -0.2) is 13.2 Å². The van der Waals surface area contributed by atoms with Gasteiger partial charge in [0.2, 0.25) is 0 Å². The molecule has 0 saturated carbocycles. The van der Waals surface area contributed by atoms with Crippen molar-refractivity contribution in [3.63, 3.8) is 0 Å². The van der Waals surface area contributed by atoms with Gasteiger partial charge in [0, 0.05) is 25.4 Å². The number of piperidine rings is 1. The number of ether oxygens (including phenoxy) is 1. The van der Waals surface area contributed by atoms with Crippen molar-refractivity contribution in [3.8, 4) is 0 Å². The molecule has 7 nitrogen and oxygen atoms in total. The second kappa shape index (κ2) is 8.52.